The molecule has 2 N–H and O–H groups in total. The van der Waals surface area contributed by atoms with Gasteiger partial charge in [-0.15, -0.1) is 0 Å². The van der Waals surface area contributed by atoms with E-state index in [2.05, 4.69) is 24.5 Å². The largest absolute Gasteiger partial charge is 0.321 e. The molecule has 1 aliphatic heterocycles. The summed E-state index contributed by atoms with van der Waals surface area (Å²) in [6, 6.07) is 5.53. The Bertz CT molecular complexity index is 471. The lowest BCUT2D eigenvalue weighted by Crippen LogP contribution is -2.56. The summed E-state index contributed by atoms with van der Waals surface area (Å²) in [4.78, 5) is 14.0. The molecule has 104 valence electrons. The molecule has 0 bridgehead atoms. The number of hydrogen-bond acceptors (Lipinski definition) is 2. The van der Waals surface area contributed by atoms with Crippen LogP contribution in [-0.4, -0.2) is 36.1 Å². The second-order valence-electron chi connectivity index (χ2n) is 4.93. The predicted molar refractivity (Wildman–Crippen MR) is 79.1 cm³/mol. The molecule has 1 aromatic rings. The number of nitrogens with one attached hydrogen (secondary N) is 2. The number of hydrogen-bond donors (Lipinski definition) is 2. The molecule has 0 spiro atoms. The van der Waals surface area contributed by atoms with E-state index in [0.717, 1.165) is 0 Å². The van der Waals surface area contributed by atoms with Crippen LogP contribution in [0.4, 0.5) is 10.5 Å². The van der Waals surface area contributed by atoms with Gasteiger partial charge in [-0.25, -0.2) is 4.79 Å². The summed E-state index contributed by atoms with van der Waals surface area (Å²) < 4.78 is 0. The third kappa shape index (κ3) is 3.75. The van der Waals surface area contributed by atoms with Crippen molar-refractivity contribution in [3.05, 3.63) is 28.2 Å². The zero-order valence-electron chi connectivity index (χ0n) is 10.9. The monoisotopic (exact) mass is 301 g/mol. The fraction of sp³-hybridized carbons (Fsp3) is 0.462. The van der Waals surface area contributed by atoms with Gasteiger partial charge in [-0.3, -0.25) is 0 Å². The van der Waals surface area contributed by atoms with Crippen molar-refractivity contribution in [1.82, 2.24) is 10.2 Å². The van der Waals surface area contributed by atoms with Gasteiger partial charge in [0.15, 0.2) is 0 Å². The van der Waals surface area contributed by atoms with Crippen molar-refractivity contribution in [3.8, 4) is 0 Å². The van der Waals surface area contributed by atoms with Crippen LogP contribution in [0.3, 0.4) is 0 Å². The summed E-state index contributed by atoms with van der Waals surface area (Å²) >= 11 is 11.8. The van der Waals surface area contributed by atoms with Crippen LogP contribution in [0.15, 0.2) is 18.2 Å². The van der Waals surface area contributed by atoms with E-state index in [9.17, 15) is 4.79 Å². The summed E-state index contributed by atoms with van der Waals surface area (Å²) in [7, 11) is 0. The topological polar surface area (TPSA) is 44.4 Å². The molecule has 0 aliphatic carbocycles. The first-order valence-corrected chi connectivity index (χ1v) is 6.98. The van der Waals surface area contributed by atoms with Gasteiger partial charge in [0.2, 0.25) is 0 Å². The molecule has 1 aliphatic rings. The zero-order valence-corrected chi connectivity index (χ0v) is 12.4. The normalized spacial score (nSPS) is 23.3. The molecule has 0 aromatic heterocycles. The van der Waals surface area contributed by atoms with Crippen molar-refractivity contribution in [1.29, 1.82) is 0 Å². The third-order valence-corrected chi connectivity index (χ3v) is 3.75. The second-order valence-corrected chi connectivity index (χ2v) is 5.75. The maximum atomic E-state index is 12.2. The van der Waals surface area contributed by atoms with E-state index in [0.29, 0.717) is 40.9 Å². The smallest absolute Gasteiger partial charge is 0.321 e. The Morgan fingerprint density at radius 1 is 1.26 bits per heavy atom. The van der Waals surface area contributed by atoms with Crippen LogP contribution < -0.4 is 10.6 Å². The number of halogens is 2. The maximum absolute atomic E-state index is 12.2. The van der Waals surface area contributed by atoms with Crippen LogP contribution in [0.5, 0.6) is 0 Å². The van der Waals surface area contributed by atoms with Crippen molar-refractivity contribution in [3.63, 3.8) is 0 Å². The number of urea groups is 1. The summed E-state index contributed by atoms with van der Waals surface area (Å²) in [6.45, 7) is 5.51. The number of carbonyl (C=O) groups is 1. The Kier molecular flexibility index (Phi) is 4.55. The van der Waals surface area contributed by atoms with Crippen molar-refractivity contribution in [2.45, 2.75) is 25.9 Å². The van der Waals surface area contributed by atoms with E-state index in [4.69, 9.17) is 23.2 Å². The van der Waals surface area contributed by atoms with Gasteiger partial charge >= 0.3 is 6.03 Å². The molecule has 2 amide bonds. The molecule has 4 nitrogen and oxygen atoms in total. The number of nitrogens with zero attached hydrogens (tertiary/aromatic N) is 1. The Balaban J connectivity index is 2.02. The highest BCUT2D eigenvalue weighted by Crippen LogP contribution is 2.25. The van der Waals surface area contributed by atoms with Gasteiger partial charge in [-0.2, -0.15) is 0 Å². The highest BCUT2D eigenvalue weighted by Gasteiger charge is 2.24. The molecule has 2 rings (SSSR count). The summed E-state index contributed by atoms with van der Waals surface area (Å²) in [6.07, 6.45) is 0. The minimum atomic E-state index is -0.112. The van der Waals surface area contributed by atoms with Crippen LogP contribution in [0.1, 0.15) is 13.8 Å². The Morgan fingerprint density at radius 2 is 1.89 bits per heavy atom. The molecule has 2 atom stereocenters. The molecule has 19 heavy (non-hydrogen) atoms. The summed E-state index contributed by atoms with van der Waals surface area (Å²) in [5.41, 5.74) is 0.651. The average molecular weight is 302 g/mol. The first kappa shape index (κ1) is 14.4. The fourth-order valence-electron chi connectivity index (χ4n) is 2.27. The number of carbonyl (C=O) groups excluding carboxylic acids is 1. The van der Waals surface area contributed by atoms with Crippen LogP contribution >= 0.6 is 23.2 Å². The lowest BCUT2D eigenvalue weighted by Gasteiger charge is -2.36. The fourth-order valence-corrected chi connectivity index (χ4v) is 2.57. The standard InChI is InChI=1S/C13H17Cl2N3O/c1-8-6-18(7-9(2)16-8)13(19)17-10-3-4-11(14)12(15)5-10/h3-5,8-9,16H,6-7H2,1-2H3,(H,17,19). The molecule has 1 fully saturated rings. The van der Waals surface area contributed by atoms with Crippen molar-refractivity contribution in [2.75, 3.05) is 18.4 Å². The second kappa shape index (κ2) is 5.99. The van der Waals surface area contributed by atoms with Gasteiger partial charge in [-0.1, -0.05) is 23.2 Å². The molecule has 1 aromatic carbocycles. The van der Waals surface area contributed by atoms with Gasteiger partial charge in [-0.05, 0) is 32.0 Å². The van der Waals surface area contributed by atoms with Gasteiger partial charge in [0.25, 0.3) is 0 Å². The van der Waals surface area contributed by atoms with Crippen LogP contribution in [0, 0.1) is 0 Å². The van der Waals surface area contributed by atoms with Gasteiger partial charge < -0.3 is 15.5 Å². The van der Waals surface area contributed by atoms with E-state index in [1.54, 1.807) is 23.1 Å². The SMILES string of the molecule is CC1CN(C(=O)Nc2ccc(Cl)c(Cl)c2)CC(C)N1. The Labute approximate surface area is 123 Å². The summed E-state index contributed by atoms with van der Waals surface area (Å²) in [5, 5.41) is 7.13. The molecule has 0 saturated carbocycles. The molecular weight excluding hydrogens is 285 g/mol. The van der Waals surface area contributed by atoms with E-state index in [1.165, 1.54) is 0 Å². The predicted octanol–water partition coefficient (Wildman–Crippen LogP) is 3.21. The van der Waals surface area contributed by atoms with Crippen molar-refractivity contribution < 1.29 is 4.79 Å². The number of anilines is 1. The van der Waals surface area contributed by atoms with Gasteiger partial charge in [0.1, 0.15) is 0 Å². The zero-order chi connectivity index (χ0) is 14.0. The highest BCUT2D eigenvalue weighted by atomic mass is 35.5. The minimum absolute atomic E-state index is 0.112. The number of benzene rings is 1. The average Bonchev–Trinajstić information content (AvgIpc) is 2.32. The Hall–Kier alpha value is -0.970. The van der Waals surface area contributed by atoms with E-state index >= 15 is 0 Å². The third-order valence-electron chi connectivity index (χ3n) is 3.02. The number of piperazine rings is 1. The lowest BCUT2D eigenvalue weighted by atomic mass is 10.1. The quantitative estimate of drug-likeness (QED) is 0.836. The molecule has 0 radical (unpaired) electrons. The highest BCUT2D eigenvalue weighted by molar-refractivity contribution is 6.42. The first-order valence-electron chi connectivity index (χ1n) is 6.22. The van der Waals surface area contributed by atoms with E-state index in [1.807, 2.05) is 0 Å². The first-order chi connectivity index (χ1) is 8.95. The van der Waals surface area contributed by atoms with E-state index < -0.39 is 0 Å². The summed E-state index contributed by atoms with van der Waals surface area (Å²) in [5.74, 6) is 0. The van der Waals surface area contributed by atoms with Crippen molar-refractivity contribution >= 4 is 34.9 Å². The molecule has 1 heterocycles. The van der Waals surface area contributed by atoms with E-state index in [-0.39, 0.29) is 6.03 Å². The van der Waals surface area contributed by atoms with Crippen LogP contribution in [-0.2, 0) is 0 Å². The maximum Gasteiger partial charge on any atom is 0.321 e. The molecule has 2 unspecified atom stereocenters. The van der Waals surface area contributed by atoms with Gasteiger partial charge in [0, 0.05) is 30.9 Å². The minimum Gasteiger partial charge on any atom is -0.321 e. The van der Waals surface area contributed by atoms with Crippen LogP contribution in [0.2, 0.25) is 10.0 Å². The van der Waals surface area contributed by atoms with Crippen molar-refractivity contribution in [2.24, 2.45) is 0 Å². The molecule has 6 heteroatoms. The van der Waals surface area contributed by atoms with Gasteiger partial charge in [0.05, 0.1) is 10.0 Å². The van der Waals surface area contributed by atoms with Crippen LogP contribution in [0.25, 0.3) is 0 Å². The Morgan fingerprint density at radius 3 is 2.47 bits per heavy atom. The number of amides is 2. The molecular formula is C13H17Cl2N3O. The number of rotatable bonds is 1. The lowest BCUT2D eigenvalue weighted by molar-refractivity contribution is 0.176. The molecule has 1 saturated heterocycles.